The molecule has 1 atom stereocenters. The first-order valence-electron chi connectivity index (χ1n) is 10.5. The van der Waals surface area contributed by atoms with Crippen LogP contribution < -0.4 is 5.32 Å². The van der Waals surface area contributed by atoms with E-state index < -0.39 is 5.60 Å². The van der Waals surface area contributed by atoms with E-state index in [1.807, 2.05) is 23.4 Å². The van der Waals surface area contributed by atoms with Gasteiger partial charge in [-0.05, 0) is 39.5 Å². The molecule has 2 aromatic heterocycles. The predicted molar refractivity (Wildman–Crippen MR) is 109 cm³/mol. The zero-order valence-electron chi connectivity index (χ0n) is 17.3. The lowest BCUT2D eigenvalue weighted by Crippen LogP contribution is -2.55. The minimum Gasteiger partial charge on any atom is -0.365 e. The number of ether oxygens (including phenoxy) is 1. The van der Waals surface area contributed by atoms with Crippen LogP contribution in [0.3, 0.4) is 0 Å². The maximum absolute atomic E-state index is 13.1. The van der Waals surface area contributed by atoms with Crippen molar-refractivity contribution in [2.45, 2.75) is 64.8 Å². The Morgan fingerprint density at radius 3 is 2.87 bits per heavy atom. The number of nitrogens with one attached hydrogen (secondary N) is 1. The van der Waals surface area contributed by atoms with Gasteiger partial charge in [0.25, 0.3) is 5.91 Å². The van der Waals surface area contributed by atoms with Crippen molar-refractivity contribution in [1.29, 1.82) is 0 Å². The lowest BCUT2D eigenvalue weighted by Gasteiger charge is -2.44. The smallest absolute Gasteiger partial charge is 0.265 e. The maximum atomic E-state index is 13.1. The van der Waals surface area contributed by atoms with Crippen LogP contribution in [0.4, 0.5) is 0 Å². The molecule has 1 saturated carbocycles. The number of rotatable bonds is 4. The summed E-state index contributed by atoms with van der Waals surface area (Å²) >= 11 is 1.45. The van der Waals surface area contributed by atoms with Crippen molar-refractivity contribution in [3.8, 4) is 0 Å². The Morgan fingerprint density at radius 2 is 2.13 bits per heavy atom. The molecule has 1 aliphatic carbocycles. The van der Waals surface area contributed by atoms with E-state index in [1.54, 1.807) is 0 Å². The van der Waals surface area contributed by atoms with Crippen LogP contribution in [0, 0.1) is 19.8 Å². The number of hydrogen-bond donors (Lipinski definition) is 1. The van der Waals surface area contributed by atoms with Gasteiger partial charge in [-0.25, -0.2) is 9.67 Å². The van der Waals surface area contributed by atoms with Gasteiger partial charge in [0.2, 0.25) is 5.91 Å². The molecule has 4 heterocycles. The second kappa shape index (κ2) is 7.42. The van der Waals surface area contributed by atoms with Crippen molar-refractivity contribution >= 4 is 23.2 Å². The number of carbonyl (C=O) groups is 2. The third-order valence-electron chi connectivity index (χ3n) is 6.17. The van der Waals surface area contributed by atoms with Gasteiger partial charge in [-0.2, -0.15) is 0 Å². The van der Waals surface area contributed by atoms with E-state index in [1.165, 1.54) is 11.3 Å². The molecule has 160 valence electrons. The first-order valence-corrected chi connectivity index (χ1v) is 11.3. The lowest BCUT2D eigenvalue weighted by atomic mass is 9.91. The van der Waals surface area contributed by atoms with Gasteiger partial charge in [0.1, 0.15) is 16.2 Å². The average molecular weight is 431 g/mol. The van der Waals surface area contributed by atoms with Crippen molar-refractivity contribution in [3.05, 3.63) is 27.0 Å². The molecule has 0 radical (unpaired) electrons. The Bertz CT molecular complexity index is 997. The Morgan fingerprint density at radius 1 is 1.30 bits per heavy atom. The number of nitrogens with zero attached hydrogens (tertiary/aromatic N) is 5. The van der Waals surface area contributed by atoms with Crippen LogP contribution in [-0.4, -0.2) is 55.4 Å². The standard InChI is InChI=1S/C20H26N6O3S/c1-12-17(30-13(2)22-12)19(28)25-7-3-6-20(10-25)11-26-16(9-29-20)15(23-24-26)8-21-18(27)14-4-5-14/h14H,3-11H2,1-2H3,(H,21,27). The third-order valence-corrected chi connectivity index (χ3v) is 7.23. The SMILES string of the molecule is Cc1nc(C)c(C(=O)N2CCCC3(C2)Cn2nnc(CNC(=O)C4CC4)c2CO3)s1. The van der Waals surface area contributed by atoms with Gasteiger partial charge >= 0.3 is 0 Å². The zero-order chi connectivity index (χ0) is 20.9. The number of hydrogen-bond acceptors (Lipinski definition) is 7. The monoisotopic (exact) mass is 430 g/mol. The molecule has 2 aliphatic heterocycles. The maximum Gasteiger partial charge on any atom is 0.265 e. The highest BCUT2D eigenvalue weighted by molar-refractivity contribution is 7.13. The number of carbonyl (C=O) groups excluding carboxylic acids is 2. The lowest BCUT2D eigenvalue weighted by molar-refractivity contribution is -0.123. The summed E-state index contributed by atoms with van der Waals surface area (Å²) in [5, 5.41) is 12.4. The van der Waals surface area contributed by atoms with Crippen molar-refractivity contribution < 1.29 is 14.3 Å². The number of thiazole rings is 1. The molecule has 0 aromatic carbocycles. The fourth-order valence-electron chi connectivity index (χ4n) is 4.38. The summed E-state index contributed by atoms with van der Waals surface area (Å²) in [6.07, 6.45) is 3.72. The molecule has 1 spiro atoms. The van der Waals surface area contributed by atoms with E-state index in [-0.39, 0.29) is 17.7 Å². The predicted octanol–water partition coefficient (Wildman–Crippen LogP) is 1.58. The minimum absolute atomic E-state index is 0.0358. The summed E-state index contributed by atoms with van der Waals surface area (Å²) < 4.78 is 8.22. The fraction of sp³-hybridized carbons (Fsp3) is 0.650. The summed E-state index contributed by atoms with van der Waals surface area (Å²) in [5.74, 6) is 0.307. The van der Waals surface area contributed by atoms with E-state index in [9.17, 15) is 9.59 Å². The van der Waals surface area contributed by atoms with Crippen LogP contribution in [0.5, 0.6) is 0 Å². The number of likely N-dealkylation sites (tertiary alicyclic amines) is 1. The highest BCUT2D eigenvalue weighted by Crippen LogP contribution is 2.34. The molecule has 0 bridgehead atoms. The summed E-state index contributed by atoms with van der Waals surface area (Å²) in [5.41, 5.74) is 2.02. The van der Waals surface area contributed by atoms with E-state index in [0.29, 0.717) is 26.2 Å². The molecule has 2 aromatic rings. The van der Waals surface area contributed by atoms with Crippen LogP contribution >= 0.6 is 11.3 Å². The fourth-order valence-corrected chi connectivity index (χ4v) is 5.27. The van der Waals surface area contributed by atoms with E-state index in [0.717, 1.165) is 59.2 Å². The Hall–Kier alpha value is -2.33. The zero-order valence-corrected chi connectivity index (χ0v) is 18.1. The quantitative estimate of drug-likeness (QED) is 0.790. The Labute approximate surface area is 178 Å². The highest BCUT2D eigenvalue weighted by Gasteiger charge is 2.43. The molecule has 1 N–H and O–H groups in total. The first kappa shape index (κ1) is 19.6. The Kier molecular flexibility index (Phi) is 4.85. The van der Waals surface area contributed by atoms with Crippen LogP contribution in [-0.2, 0) is 29.2 Å². The molecule has 2 fully saturated rings. The molecule has 5 rings (SSSR count). The molecule has 30 heavy (non-hydrogen) atoms. The number of aromatic nitrogens is 4. The summed E-state index contributed by atoms with van der Waals surface area (Å²) in [6.45, 7) is 6.42. The molecule has 2 amide bonds. The minimum atomic E-state index is -0.448. The van der Waals surface area contributed by atoms with E-state index >= 15 is 0 Å². The van der Waals surface area contributed by atoms with Crippen molar-refractivity contribution in [1.82, 2.24) is 30.2 Å². The van der Waals surface area contributed by atoms with Gasteiger partial charge in [0.15, 0.2) is 0 Å². The third kappa shape index (κ3) is 3.62. The second-order valence-electron chi connectivity index (χ2n) is 8.58. The molecule has 9 nitrogen and oxygen atoms in total. The topological polar surface area (TPSA) is 102 Å². The van der Waals surface area contributed by atoms with Crippen molar-refractivity contribution in [2.75, 3.05) is 13.1 Å². The van der Waals surface area contributed by atoms with Gasteiger partial charge < -0.3 is 15.0 Å². The van der Waals surface area contributed by atoms with Gasteiger partial charge in [-0.15, -0.1) is 16.4 Å². The van der Waals surface area contributed by atoms with Crippen LogP contribution in [0.15, 0.2) is 0 Å². The van der Waals surface area contributed by atoms with E-state index in [4.69, 9.17) is 4.74 Å². The van der Waals surface area contributed by atoms with Gasteiger partial charge in [0.05, 0.1) is 42.6 Å². The van der Waals surface area contributed by atoms with Gasteiger partial charge in [-0.3, -0.25) is 9.59 Å². The van der Waals surface area contributed by atoms with Crippen LogP contribution in [0.2, 0.25) is 0 Å². The Balaban J connectivity index is 1.28. The molecule has 3 aliphatic rings. The van der Waals surface area contributed by atoms with Gasteiger partial charge in [-0.1, -0.05) is 5.21 Å². The molecule has 1 unspecified atom stereocenters. The summed E-state index contributed by atoms with van der Waals surface area (Å²) in [4.78, 5) is 32.0. The van der Waals surface area contributed by atoms with E-state index in [2.05, 4.69) is 20.6 Å². The molecular formula is C20H26N6O3S. The second-order valence-corrected chi connectivity index (χ2v) is 9.79. The number of fused-ring (bicyclic) bond motifs is 1. The first-order chi connectivity index (χ1) is 14.4. The normalized spacial score (nSPS) is 23.5. The number of amides is 2. The van der Waals surface area contributed by atoms with Crippen LogP contribution in [0.1, 0.15) is 57.4 Å². The van der Waals surface area contributed by atoms with Crippen LogP contribution in [0.25, 0.3) is 0 Å². The number of piperidine rings is 1. The van der Waals surface area contributed by atoms with Gasteiger partial charge in [0, 0.05) is 12.5 Å². The molecule has 1 saturated heterocycles. The number of aryl methyl sites for hydroxylation is 2. The summed E-state index contributed by atoms with van der Waals surface area (Å²) in [7, 11) is 0. The van der Waals surface area contributed by atoms with Crippen molar-refractivity contribution in [2.24, 2.45) is 5.92 Å². The molecule has 10 heteroatoms. The summed E-state index contributed by atoms with van der Waals surface area (Å²) in [6, 6.07) is 0. The molecular weight excluding hydrogens is 404 g/mol. The van der Waals surface area contributed by atoms with Crippen molar-refractivity contribution in [3.63, 3.8) is 0 Å². The average Bonchev–Trinajstić information content (AvgIpc) is 3.43. The highest BCUT2D eigenvalue weighted by atomic mass is 32.1. The largest absolute Gasteiger partial charge is 0.365 e.